The quantitative estimate of drug-likeness (QED) is 0.648. The number of rotatable bonds is 6. The fourth-order valence-corrected chi connectivity index (χ4v) is 3.71. The molecule has 1 aromatic heterocycles. The molecule has 0 aliphatic rings. The van der Waals surface area contributed by atoms with Crippen LogP contribution in [0, 0.1) is 0 Å². The van der Waals surface area contributed by atoms with Crippen molar-refractivity contribution in [2.24, 2.45) is 0 Å². The van der Waals surface area contributed by atoms with E-state index >= 15 is 0 Å². The molecule has 2 aromatic carbocycles. The van der Waals surface area contributed by atoms with Crippen LogP contribution in [0.3, 0.4) is 0 Å². The monoisotopic (exact) mass is 373 g/mol. The van der Waals surface area contributed by atoms with Crippen molar-refractivity contribution in [1.82, 2.24) is 4.72 Å². The lowest BCUT2D eigenvalue weighted by atomic mass is 10.0. The van der Waals surface area contributed by atoms with Gasteiger partial charge in [-0.3, -0.25) is 4.79 Å². The Morgan fingerprint density at radius 2 is 1.88 bits per heavy atom. The maximum absolute atomic E-state index is 12.5. The Morgan fingerprint density at radius 1 is 1.15 bits per heavy atom. The maximum Gasteiger partial charge on any atom is 0.240 e. The Hall–Kier alpha value is -2.48. The van der Waals surface area contributed by atoms with E-state index in [4.69, 9.17) is 4.42 Å². The van der Waals surface area contributed by atoms with Crippen LogP contribution in [0.15, 0.2) is 63.9 Å². The molecule has 7 heteroatoms. The zero-order valence-electron chi connectivity index (χ0n) is 14.4. The van der Waals surface area contributed by atoms with Crippen LogP contribution in [0.4, 0.5) is 0 Å². The summed E-state index contributed by atoms with van der Waals surface area (Å²) in [5.41, 5.74) is -0.624. The lowest BCUT2D eigenvalue weighted by Gasteiger charge is -2.21. The molecule has 2 N–H and O–H groups in total. The topological polar surface area (TPSA) is 96.6 Å². The fourth-order valence-electron chi connectivity index (χ4n) is 2.54. The predicted molar refractivity (Wildman–Crippen MR) is 97.4 cm³/mol. The minimum absolute atomic E-state index is 0.0365. The summed E-state index contributed by atoms with van der Waals surface area (Å²) in [5.74, 6) is 0.0372. The van der Waals surface area contributed by atoms with E-state index in [1.165, 1.54) is 32.0 Å². The molecule has 0 saturated carbocycles. The first-order valence-corrected chi connectivity index (χ1v) is 9.49. The number of ketones is 1. The van der Waals surface area contributed by atoms with Gasteiger partial charge in [0.05, 0.1) is 4.90 Å². The van der Waals surface area contributed by atoms with E-state index in [1.807, 2.05) is 18.2 Å². The Bertz CT molecular complexity index is 1030. The molecule has 1 heterocycles. The second-order valence-electron chi connectivity index (χ2n) is 6.33. The van der Waals surface area contributed by atoms with Crippen LogP contribution in [0.5, 0.6) is 0 Å². The van der Waals surface area contributed by atoms with Gasteiger partial charge >= 0.3 is 0 Å². The van der Waals surface area contributed by atoms with Crippen molar-refractivity contribution in [1.29, 1.82) is 0 Å². The summed E-state index contributed by atoms with van der Waals surface area (Å²) in [5, 5.41) is 11.5. The summed E-state index contributed by atoms with van der Waals surface area (Å²) in [6.45, 7) is 2.56. The zero-order valence-corrected chi connectivity index (χ0v) is 15.2. The molecule has 6 nitrogen and oxygen atoms in total. The van der Waals surface area contributed by atoms with Gasteiger partial charge in [0.2, 0.25) is 10.0 Å². The second kappa shape index (κ2) is 6.68. The van der Waals surface area contributed by atoms with Gasteiger partial charge in [-0.05, 0) is 38.1 Å². The molecular weight excluding hydrogens is 354 g/mol. The molecule has 0 saturated heterocycles. The molecule has 26 heavy (non-hydrogen) atoms. The Kier molecular flexibility index (Phi) is 4.70. The van der Waals surface area contributed by atoms with Gasteiger partial charge in [0.1, 0.15) is 16.9 Å². The fraction of sp³-hybridized carbons (Fsp3) is 0.211. The molecule has 1 atom stereocenters. The number of nitrogens with one attached hydrogen (secondary N) is 1. The Morgan fingerprint density at radius 3 is 2.58 bits per heavy atom. The first kappa shape index (κ1) is 18.3. The van der Waals surface area contributed by atoms with E-state index in [1.54, 1.807) is 18.2 Å². The molecule has 3 aromatic rings. The SMILES string of the molecule is CC(=O)c1cccc(S(=O)(=O)NCC(C)(O)c2cc3ccccc3o2)c1. The van der Waals surface area contributed by atoms with Gasteiger partial charge in [-0.15, -0.1) is 0 Å². The van der Waals surface area contributed by atoms with Crippen molar-refractivity contribution in [3.8, 4) is 0 Å². The third-order valence-corrected chi connectivity index (χ3v) is 5.51. The number of carbonyl (C=O) groups is 1. The van der Waals surface area contributed by atoms with Gasteiger partial charge in [-0.2, -0.15) is 0 Å². The number of carbonyl (C=O) groups excluding carboxylic acids is 1. The number of Topliss-reactive ketones (excluding diaryl/α,β-unsaturated/α-hetero) is 1. The van der Waals surface area contributed by atoms with E-state index in [0.717, 1.165) is 5.39 Å². The first-order chi connectivity index (χ1) is 12.2. The summed E-state index contributed by atoms with van der Waals surface area (Å²) in [6, 6.07) is 14.7. The summed E-state index contributed by atoms with van der Waals surface area (Å²) in [4.78, 5) is 11.4. The van der Waals surface area contributed by atoms with Gasteiger partial charge in [0.15, 0.2) is 5.78 Å². The number of aliphatic hydroxyl groups is 1. The molecule has 1 unspecified atom stereocenters. The van der Waals surface area contributed by atoms with Crippen molar-refractivity contribution in [2.75, 3.05) is 6.54 Å². The highest BCUT2D eigenvalue weighted by Crippen LogP contribution is 2.27. The number of benzene rings is 2. The highest BCUT2D eigenvalue weighted by atomic mass is 32.2. The normalized spacial score (nSPS) is 14.3. The third-order valence-electron chi connectivity index (χ3n) is 4.11. The molecule has 0 radical (unpaired) electrons. The number of hydrogen-bond donors (Lipinski definition) is 2. The maximum atomic E-state index is 12.5. The Balaban J connectivity index is 1.82. The molecule has 3 rings (SSSR count). The van der Waals surface area contributed by atoms with Crippen molar-refractivity contribution in [2.45, 2.75) is 24.3 Å². The standard InChI is InChI=1S/C19H19NO5S/c1-13(21)14-7-5-8-16(10-14)26(23,24)20-12-19(2,22)18-11-15-6-3-4-9-17(15)25-18/h3-11,20,22H,12H2,1-2H3. The molecular formula is C19H19NO5S. The van der Waals surface area contributed by atoms with Crippen LogP contribution in [-0.2, 0) is 15.6 Å². The largest absolute Gasteiger partial charge is 0.458 e. The molecule has 136 valence electrons. The van der Waals surface area contributed by atoms with Gasteiger partial charge in [-0.1, -0.05) is 30.3 Å². The summed E-state index contributed by atoms with van der Waals surface area (Å²) in [6.07, 6.45) is 0. The average molecular weight is 373 g/mol. The van der Waals surface area contributed by atoms with Crippen molar-refractivity contribution >= 4 is 26.8 Å². The van der Waals surface area contributed by atoms with Crippen LogP contribution in [0.1, 0.15) is 30.0 Å². The lowest BCUT2D eigenvalue weighted by Crippen LogP contribution is -2.38. The van der Waals surface area contributed by atoms with E-state index in [-0.39, 0.29) is 23.0 Å². The first-order valence-electron chi connectivity index (χ1n) is 8.01. The van der Waals surface area contributed by atoms with E-state index in [9.17, 15) is 18.3 Å². The van der Waals surface area contributed by atoms with E-state index in [2.05, 4.69) is 4.72 Å². The molecule has 0 spiro atoms. The van der Waals surface area contributed by atoms with Gasteiger partial charge < -0.3 is 9.52 Å². The smallest absolute Gasteiger partial charge is 0.240 e. The van der Waals surface area contributed by atoms with Crippen LogP contribution < -0.4 is 4.72 Å². The number of furan rings is 1. The number of hydrogen-bond acceptors (Lipinski definition) is 5. The molecule has 0 aliphatic heterocycles. The molecule has 0 fully saturated rings. The molecule has 0 bridgehead atoms. The zero-order chi connectivity index (χ0) is 18.9. The van der Waals surface area contributed by atoms with Gasteiger partial charge in [0, 0.05) is 17.5 Å². The number of para-hydroxylation sites is 1. The predicted octanol–water partition coefficient (Wildman–Crippen LogP) is 2.82. The molecule has 0 amide bonds. The highest BCUT2D eigenvalue weighted by Gasteiger charge is 2.30. The number of sulfonamides is 1. The average Bonchev–Trinajstić information content (AvgIpc) is 3.05. The number of fused-ring (bicyclic) bond motifs is 1. The second-order valence-corrected chi connectivity index (χ2v) is 8.10. The van der Waals surface area contributed by atoms with Crippen LogP contribution in [0.25, 0.3) is 11.0 Å². The van der Waals surface area contributed by atoms with Crippen LogP contribution in [0.2, 0.25) is 0 Å². The minimum Gasteiger partial charge on any atom is -0.458 e. The third kappa shape index (κ3) is 3.70. The summed E-state index contributed by atoms with van der Waals surface area (Å²) >= 11 is 0. The van der Waals surface area contributed by atoms with Gasteiger partial charge in [0.25, 0.3) is 0 Å². The van der Waals surface area contributed by atoms with E-state index < -0.39 is 15.6 Å². The summed E-state index contributed by atoms with van der Waals surface area (Å²) < 4.78 is 33.0. The Labute approximate surface area is 151 Å². The summed E-state index contributed by atoms with van der Waals surface area (Å²) in [7, 11) is -3.89. The van der Waals surface area contributed by atoms with Crippen LogP contribution in [-0.4, -0.2) is 25.9 Å². The van der Waals surface area contributed by atoms with Crippen LogP contribution >= 0.6 is 0 Å². The van der Waals surface area contributed by atoms with Crippen molar-refractivity contribution in [3.05, 3.63) is 65.9 Å². The van der Waals surface area contributed by atoms with Crippen molar-refractivity contribution in [3.63, 3.8) is 0 Å². The highest BCUT2D eigenvalue weighted by molar-refractivity contribution is 7.89. The van der Waals surface area contributed by atoms with E-state index in [0.29, 0.717) is 11.1 Å². The molecule has 0 aliphatic carbocycles. The lowest BCUT2D eigenvalue weighted by molar-refractivity contribution is 0.0412. The van der Waals surface area contributed by atoms with Crippen molar-refractivity contribution < 1.29 is 22.7 Å². The minimum atomic E-state index is -3.89. The van der Waals surface area contributed by atoms with Gasteiger partial charge in [-0.25, -0.2) is 13.1 Å².